The highest BCUT2D eigenvalue weighted by molar-refractivity contribution is 8.72. The van der Waals surface area contributed by atoms with Crippen LogP contribution < -0.4 is 0 Å². The summed E-state index contributed by atoms with van der Waals surface area (Å²) in [5, 5.41) is 0. The van der Waals surface area contributed by atoms with Gasteiger partial charge in [0.1, 0.15) is 0 Å². The van der Waals surface area contributed by atoms with E-state index in [1.807, 2.05) is 0 Å². The Morgan fingerprint density at radius 3 is 1.91 bits per heavy atom. The second-order valence-electron chi connectivity index (χ2n) is 4.64. The summed E-state index contributed by atoms with van der Waals surface area (Å²) in [5.74, 6) is -0.530. The fraction of sp³-hybridized carbons (Fsp3) is 0.125. The maximum Gasteiger partial charge on any atom is 0.235 e. The molecule has 4 nitrogen and oxygen atoms in total. The molecule has 0 fully saturated rings. The summed E-state index contributed by atoms with van der Waals surface area (Å²) in [6.07, 6.45) is 0. The van der Waals surface area contributed by atoms with Crippen LogP contribution in [0.4, 0.5) is 0 Å². The second kappa shape index (κ2) is 6.46. The predicted molar refractivity (Wildman–Crippen MR) is 85.9 cm³/mol. The molecule has 2 rings (SSSR count). The molecule has 0 spiro atoms. The van der Waals surface area contributed by atoms with Crippen LogP contribution in [0, 0.1) is 0 Å². The number of hydrogen-bond acceptors (Lipinski definition) is 5. The van der Waals surface area contributed by atoms with Crippen LogP contribution in [0.3, 0.4) is 0 Å². The highest BCUT2D eigenvalue weighted by atomic mass is 33.1. The van der Waals surface area contributed by atoms with Gasteiger partial charge in [0, 0.05) is 26.8 Å². The van der Waals surface area contributed by atoms with Crippen molar-refractivity contribution in [3.8, 4) is 0 Å². The van der Waals surface area contributed by atoms with Crippen LogP contribution in [0.2, 0.25) is 0 Å². The van der Waals surface area contributed by atoms with Crippen molar-refractivity contribution in [2.75, 3.05) is 0 Å². The summed E-state index contributed by atoms with van der Waals surface area (Å²) in [4.78, 5) is 23.5. The van der Waals surface area contributed by atoms with E-state index >= 15 is 0 Å². The number of carbonyl (C=O) groups is 2. The Kier molecular flexibility index (Phi) is 4.83. The molecule has 0 amide bonds. The summed E-state index contributed by atoms with van der Waals surface area (Å²) in [6.45, 7) is 2.71. The third-order valence-corrected chi connectivity index (χ3v) is 6.39. The Balaban J connectivity index is 2.50. The third kappa shape index (κ3) is 3.45. The molecular formula is C16H14O4S2. The lowest BCUT2D eigenvalue weighted by molar-refractivity contribution is 0.100. The average molecular weight is 334 g/mol. The van der Waals surface area contributed by atoms with Crippen LogP contribution in [-0.4, -0.2) is 20.0 Å². The van der Waals surface area contributed by atoms with Gasteiger partial charge in [-0.2, -0.15) is 0 Å². The molecule has 0 unspecified atom stereocenters. The van der Waals surface area contributed by atoms with Crippen LogP contribution in [0.5, 0.6) is 0 Å². The minimum atomic E-state index is -3.80. The quantitative estimate of drug-likeness (QED) is 0.617. The predicted octanol–water partition coefficient (Wildman–Crippen LogP) is 3.57. The molecule has 0 aliphatic heterocycles. The number of carbonyl (C=O) groups excluding carboxylic acids is 2. The summed E-state index contributed by atoms with van der Waals surface area (Å²) in [5.41, 5.74) is 0.492. The highest BCUT2D eigenvalue weighted by Crippen LogP contribution is 2.34. The highest BCUT2D eigenvalue weighted by Gasteiger charge is 2.23. The van der Waals surface area contributed by atoms with Crippen LogP contribution in [0.25, 0.3) is 0 Å². The lowest BCUT2D eigenvalue weighted by Gasteiger charge is -2.09. The Bertz CT molecular complexity index is 839. The van der Waals surface area contributed by atoms with Gasteiger partial charge in [0.2, 0.25) is 8.87 Å². The van der Waals surface area contributed by atoms with Crippen molar-refractivity contribution >= 4 is 31.2 Å². The molecule has 0 aromatic heterocycles. The first kappa shape index (κ1) is 16.5. The third-order valence-electron chi connectivity index (χ3n) is 3.00. The number of ketones is 2. The molecular weight excluding hydrogens is 320 g/mol. The van der Waals surface area contributed by atoms with Crippen molar-refractivity contribution in [1.29, 1.82) is 0 Å². The van der Waals surface area contributed by atoms with E-state index in [0.717, 1.165) is 0 Å². The van der Waals surface area contributed by atoms with Gasteiger partial charge in [-0.3, -0.25) is 9.59 Å². The smallest absolute Gasteiger partial charge is 0.235 e. The molecule has 6 heteroatoms. The van der Waals surface area contributed by atoms with Crippen molar-refractivity contribution in [2.24, 2.45) is 0 Å². The summed E-state index contributed by atoms with van der Waals surface area (Å²) in [6, 6.07) is 12.6. The van der Waals surface area contributed by atoms with Gasteiger partial charge in [0.25, 0.3) is 0 Å². The van der Waals surface area contributed by atoms with Gasteiger partial charge in [0.05, 0.1) is 4.90 Å². The minimum absolute atomic E-state index is 0.0362. The number of Topliss-reactive ketones (excluding diaryl/α,β-unsaturated/α-hetero) is 2. The Morgan fingerprint density at radius 2 is 1.32 bits per heavy atom. The lowest BCUT2D eigenvalue weighted by atomic mass is 10.1. The number of hydrogen-bond donors (Lipinski definition) is 0. The maximum absolute atomic E-state index is 12.6. The maximum atomic E-state index is 12.6. The monoisotopic (exact) mass is 334 g/mol. The Hall–Kier alpha value is -1.92. The zero-order valence-corrected chi connectivity index (χ0v) is 13.7. The molecule has 0 aliphatic rings. The van der Waals surface area contributed by atoms with E-state index in [4.69, 9.17) is 0 Å². The van der Waals surface area contributed by atoms with E-state index in [1.165, 1.54) is 26.0 Å². The van der Waals surface area contributed by atoms with Crippen LogP contribution in [0.15, 0.2) is 58.3 Å². The van der Waals surface area contributed by atoms with Crippen LogP contribution >= 0.6 is 10.8 Å². The summed E-state index contributed by atoms with van der Waals surface area (Å²) < 4.78 is 25.2. The van der Waals surface area contributed by atoms with Crippen molar-refractivity contribution in [3.05, 3.63) is 59.7 Å². The zero-order valence-electron chi connectivity index (χ0n) is 12.1. The molecule has 0 saturated heterocycles. The molecule has 0 heterocycles. The Labute approximate surface area is 132 Å². The van der Waals surface area contributed by atoms with E-state index in [-0.39, 0.29) is 22.0 Å². The van der Waals surface area contributed by atoms with Crippen LogP contribution in [0.1, 0.15) is 34.6 Å². The van der Waals surface area contributed by atoms with Gasteiger partial charge in [-0.15, -0.1) is 0 Å². The van der Waals surface area contributed by atoms with Gasteiger partial charge in [-0.25, -0.2) is 8.42 Å². The number of benzene rings is 2. The van der Waals surface area contributed by atoms with Crippen molar-refractivity contribution in [2.45, 2.75) is 23.6 Å². The molecule has 0 N–H and O–H groups in total. The first-order valence-corrected chi connectivity index (χ1v) is 9.29. The standard InChI is InChI=1S/C16H14O4S2/c1-11(17)13-7-3-5-9-15(13)21-22(19,20)16-10-6-4-8-14(16)12(2)18/h3-10H,1-2H3. The van der Waals surface area contributed by atoms with Crippen LogP contribution in [-0.2, 0) is 8.87 Å². The van der Waals surface area contributed by atoms with Crippen molar-refractivity contribution in [1.82, 2.24) is 0 Å². The van der Waals surface area contributed by atoms with Crippen molar-refractivity contribution < 1.29 is 18.0 Å². The summed E-state index contributed by atoms with van der Waals surface area (Å²) in [7, 11) is -3.22. The van der Waals surface area contributed by atoms with E-state index < -0.39 is 8.87 Å². The molecule has 0 bridgehead atoms. The molecule has 2 aromatic rings. The van der Waals surface area contributed by atoms with Gasteiger partial charge in [-0.1, -0.05) is 36.4 Å². The Morgan fingerprint density at radius 1 is 0.818 bits per heavy atom. The molecule has 0 aliphatic carbocycles. The first-order valence-electron chi connectivity index (χ1n) is 6.47. The van der Waals surface area contributed by atoms with Crippen molar-refractivity contribution in [3.63, 3.8) is 0 Å². The minimum Gasteiger partial charge on any atom is -0.294 e. The number of rotatable bonds is 5. The van der Waals surface area contributed by atoms with E-state index in [2.05, 4.69) is 0 Å². The molecule has 0 saturated carbocycles. The first-order chi connectivity index (χ1) is 10.3. The van der Waals surface area contributed by atoms with E-state index in [9.17, 15) is 18.0 Å². The largest absolute Gasteiger partial charge is 0.294 e. The fourth-order valence-electron chi connectivity index (χ4n) is 1.97. The van der Waals surface area contributed by atoms with Gasteiger partial charge >= 0.3 is 0 Å². The molecule has 2 aromatic carbocycles. The van der Waals surface area contributed by atoms with Gasteiger partial charge in [-0.05, 0) is 26.0 Å². The fourth-order valence-corrected chi connectivity index (χ4v) is 5.31. The van der Waals surface area contributed by atoms with E-state index in [1.54, 1.807) is 36.4 Å². The topological polar surface area (TPSA) is 68.3 Å². The molecule has 0 atom stereocenters. The second-order valence-corrected chi connectivity index (χ2v) is 8.41. The summed E-state index contributed by atoms with van der Waals surface area (Å²) >= 11 is 0. The normalized spacial score (nSPS) is 11.2. The zero-order chi connectivity index (χ0) is 16.3. The molecule has 0 radical (unpaired) electrons. The molecule has 114 valence electrons. The average Bonchev–Trinajstić information content (AvgIpc) is 2.47. The lowest BCUT2D eigenvalue weighted by Crippen LogP contribution is -2.05. The van der Waals surface area contributed by atoms with Gasteiger partial charge < -0.3 is 0 Å². The molecule has 22 heavy (non-hydrogen) atoms. The van der Waals surface area contributed by atoms with Gasteiger partial charge in [0.15, 0.2) is 11.6 Å². The SMILES string of the molecule is CC(=O)c1ccccc1SS(=O)(=O)c1ccccc1C(C)=O. The van der Waals surface area contributed by atoms with E-state index in [0.29, 0.717) is 21.3 Å².